The van der Waals surface area contributed by atoms with E-state index in [9.17, 15) is 4.79 Å². The van der Waals surface area contributed by atoms with E-state index in [1.165, 1.54) is 17.3 Å². The molecule has 1 unspecified atom stereocenters. The SMILES string of the molecule is Cc1ccc(-c2nnc(SCC(=O)N3CCC(C)Sc4ccccc43)o2)cc1. The van der Waals surface area contributed by atoms with E-state index in [4.69, 9.17) is 4.42 Å². The summed E-state index contributed by atoms with van der Waals surface area (Å²) in [6.45, 7) is 4.96. The topological polar surface area (TPSA) is 59.2 Å². The Bertz CT molecular complexity index is 972. The van der Waals surface area contributed by atoms with Gasteiger partial charge in [0.05, 0.1) is 11.4 Å². The van der Waals surface area contributed by atoms with Gasteiger partial charge in [-0.1, -0.05) is 48.5 Å². The Hall–Kier alpha value is -2.25. The Morgan fingerprint density at radius 2 is 2.00 bits per heavy atom. The normalized spacial score (nSPS) is 16.5. The molecule has 144 valence electrons. The van der Waals surface area contributed by atoms with Crippen molar-refractivity contribution >= 4 is 35.1 Å². The van der Waals surface area contributed by atoms with Gasteiger partial charge in [-0.15, -0.1) is 22.0 Å². The molecule has 0 fully saturated rings. The molecule has 2 heterocycles. The highest BCUT2D eigenvalue weighted by Gasteiger charge is 2.24. The van der Waals surface area contributed by atoms with Crippen molar-refractivity contribution in [2.75, 3.05) is 17.2 Å². The number of benzene rings is 2. The summed E-state index contributed by atoms with van der Waals surface area (Å²) in [4.78, 5) is 16.0. The lowest BCUT2D eigenvalue weighted by Gasteiger charge is -2.22. The lowest BCUT2D eigenvalue weighted by molar-refractivity contribution is -0.116. The molecular weight excluding hydrogens is 390 g/mol. The average molecular weight is 412 g/mol. The number of carbonyl (C=O) groups is 1. The molecule has 4 rings (SSSR count). The van der Waals surface area contributed by atoms with E-state index in [1.807, 2.05) is 66.1 Å². The van der Waals surface area contributed by atoms with Crippen LogP contribution in [0.3, 0.4) is 0 Å². The highest BCUT2D eigenvalue weighted by Crippen LogP contribution is 2.37. The lowest BCUT2D eigenvalue weighted by Crippen LogP contribution is -2.33. The summed E-state index contributed by atoms with van der Waals surface area (Å²) < 4.78 is 5.72. The number of aryl methyl sites for hydroxylation is 1. The van der Waals surface area contributed by atoms with Crippen molar-refractivity contribution in [1.29, 1.82) is 0 Å². The molecule has 7 heteroatoms. The number of para-hydroxylation sites is 1. The van der Waals surface area contributed by atoms with E-state index in [2.05, 4.69) is 23.2 Å². The summed E-state index contributed by atoms with van der Waals surface area (Å²) in [5, 5.41) is 9.08. The van der Waals surface area contributed by atoms with Crippen LogP contribution in [0.4, 0.5) is 5.69 Å². The monoisotopic (exact) mass is 411 g/mol. The van der Waals surface area contributed by atoms with Gasteiger partial charge in [0.25, 0.3) is 5.22 Å². The summed E-state index contributed by atoms with van der Waals surface area (Å²) in [5.74, 6) is 0.797. The largest absolute Gasteiger partial charge is 0.411 e. The molecule has 3 aromatic rings. The third kappa shape index (κ3) is 4.25. The van der Waals surface area contributed by atoms with E-state index in [0.717, 1.165) is 29.1 Å². The molecule has 0 N–H and O–H groups in total. The van der Waals surface area contributed by atoms with Crippen LogP contribution in [-0.4, -0.2) is 33.7 Å². The third-order valence-electron chi connectivity index (χ3n) is 4.57. The average Bonchev–Trinajstić information content (AvgIpc) is 3.10. The number of anilines is 1. The van der Waals surface area contributed by atoms with Crippen LogP contribution >= 0.6 is 23.5 Å². The number of carbonyl (C=O) groups excluding carboxylic acids is 1. The minimum Gasteiger partial charge on any atom is -0.411 e. The van der Waals surface area contributed by atoms with E-state index < -0.39 is 0 Å². The first-order valence-electron chi connectivity index (χ1n) is 9.19. The first-order chi connectivity index (χ1) is 13.6. The minimum atomic E-state index is 0.0576. The van der Waals surface area contributed by atoms with Gasteiger partial charge in [0, 0.05) is 22.3 Å². The number of nitrogens with zero attached hydrogens (tertiary/aromatic N) is 3. The Morgan fingerprint density at radius 3 is 2.82 bits per heavy atom. The summed E-state index contributed by atoms with van der Waals surface area (Å²) >= 11 is 3.11. The van der Waals surface area contributed by atoms with Crippen LogP contribution in [0.25, 0.3) is 11.5 Å². The van der Waals surface area contributed by atoms with Crippen LogP contribution in [0, 0.1) is 6.92 Å². The number of hydrogen-bond acceptors (Lipinski definition) is 6. The van der Waals surface area contributed by atoms with E-state index >= 15 is 0 Å². The first kappa shape index (κ1) is 19.1. The molecular formula is C21H21N3O2S2. The Labute approximate surface area is 172 Å². The van der Waals surface area contributed by atoms with E-state index in [0.29, 0.717) is 16.4 Å². The van der Waals surface area contributed by atoms with Gasteiger partial charge in [-0.3, -0.25) is 4.79 Å². The quantitative estimate of drug-likeness (QED) is 0.560. The van der Waals surface area contributed by atoms with Crippen molar-refractivity contribution in [2.45, 2.75) is 35.6 Å². The van der Waals surface area contributed by atoms with Crippen LogP contribution in [-0.2, 0) is 4.79 Å². The minimum absolute atomic E-state index is 0.0576. The molecule has 1 aliphatic heterocycles. The second kappa shape index (κ2) is 8.41. The molecule has 0 saturated carbocycles. The van der Waals surface area contributed by atoms with Gasteiger partial charge >= 0.3 is 0 Å². The number of amides is 1. The second-order valence-corrected chi connectivity index (χ2v) is 9.16. The molecule has 1 amide bonds. The number of rotatable bonds is 4. The summed E-state index contributed by atoms with van der Waals surface area (Å²) in [7, 11) is 0. The molecule has 0 spiro atoms. The van der Waals surface area contributed by atoms with Gasteiger partial charge in [-0.2, -0.15) is 0 Å². The first-order valence-corrected chi connectivity index (χ1v) is 11.1. The maximum absolute atomic E-state index is 12.9. The fourth-order valence-electron chi connectivity index (χ4n) is 3.03. The maximum Gasteiger partial charge on any atom is 0.277 e. The number of aromatic nitrogens is 2. The van der Waals surface area contributed by atoms with Crippen molar-refractivity contribution in [1.82, 2.24) is 10.2 Å². The Balaban J connectivity index is 1.44. The standard InChI is InChI=1S/C21H21N3O2S2/c1-14-7-9-16(10-8-14)20-22-23-21(26-20)27-13-19(25)24-12-11-15(2)28-18-6-4-3-5-17(18)24/h3-10,15H,11-13H2,1-2H3. The fraction of sp³-hybridized carbons (Fsp3) is 0.286. The van der Waals surface area contributed by atoms with Gasteiger partial charge in [-0.25, -0.2) is 0 Å². The van der Waals surface area contributed by atoms with Crippen LogP contribution in [0.1, 0.15) is 18.9 Å². The molecule has 0 bridgehead atoms. The van der Waals surface area contributed by atoms with E-state index in [-0.39, 0.29) is 11.7 Å². The van der Waals surface area contributed by atoms with Crippen LogP contribution < -0.4 is 4.90 Å². The van der Waals surface area contributed by atoms with Gasteiger partial charge in [-0.05, 0) is 37.6 Å². The zero-order chi connectivity index (χ0) is 19.5. The predicted octanol–water partition coefficient (Wildman–Crippen LogP) is 5.05. The summed E-state index contributed by atoms with van der Waals surface area (Å²) in [6.07, 6.45) is 0.966. The molecule has 0 aliphatic carbocycles. The van der Waals surface area contributed by atoms with Crippen LogP contribution in [0.15, 0.2) is 63.1 Å². The molecule has 28 heavy (non-hydrogen) atoms. The fourth-order valence-corrected chi connectivity index (χ4v) is 4.78. The molecule has 5 nitrogen and oxygen atoms in total. The van der Waals surface area contributed by atoms with Crippen LogP contribution in [0.2, 0.25) is 0 Å². The summed E-state index contributed by atoms with van der Waals surface area (Å²) in [6, 6.07) is 16.0. The maximum atomic E-state index is 12.9. The van der Waals surface area contributed by atoms with Gasteiger partial charge in [0.2, 0.25) is 11.8 Å². The van der Waals surface area contributed by atoms with Gasteiger partial charge < -0.3 is 9.32 Å². The zero-order valence-electron chi connectivity index (χ0n) is 15.8. The number of fused-ring (bicyclic) bond motifs is 1. The third-order valence-corrected chi connectivity index (χ3v) is 6.61. The van der Waals surface area contributed by atoms with Crippen molar-refractivity contribution in [3.8, 4) is 11.5 Å². The summed E-state index contributed by atoms with van der Waals surface area (Å²) in [5.41, 5.74) is 3.05. The molecule has 1 aliphatic rings. The van der Waals surface area contributed by atoms with E-state index in [1.54, 1.807) is 0 Å². The van der Waals surface area contributed by atoms with Gasteiger partial charge in [0.1, 0.15) is 0 Å². The molecule has 1 atom stereocenters. The second-order valence-electron chi connectivity index (χ2n) is 6.76. The highest BCUT2D eigenvalue weighted by molar-refractivity contribution is 8.00. The van der Waals surface area contributed by atoms with Crippen molar-refractivity contribution in [3.05, 3.63) is 54.1 Å². The predicted molar refractivity (Wildman–Crippen MR) is 114 cm³/mol. The number of hydrogen-bond donors (Lipinski definition) is 0. The van der Waals surface area contributed by atoms with Gasteiger partial charge in [0.15, 0.2) is 0 Å². The zero-order valence-corrected chi connectivity index (χ0v) is 17.4. The lowest BCUT2D eigenvalue weighted by atomic mass is 10.1. The smallest absolute Gasteiger partial charge is 0.277 e. The van der Waals surface area contributed by atoms with Crippen molar-refractivity contribution in [2.24, 2.45) is 0 Å². The van der Waals surface area contributed by atoms with Crippen molar-refractivity contribution < 1.29 is 9.21 Å². The van der Waals surface area contributed by atoms with Crippen molar-refractivity contribution in [3.63, 3.8) is 0 Å². The molecule has 1 aromatic heterocycles. The Kier molecular flexibility index (Phi) is 5.73. The molecule has 0 saturated heterocycles. The van der Waals surface area contributed by atoms with Crippen LogP contribution in [0.5, 0.6) is 0 Å². The molecule has 2 aromatic carbocycles. The number of thioether (sulfide) groups is 2. The molecule has 0 radical (unpaired) electrons. The Morgan fingerprint density at radius 1 is 1.21 bits per heavy atom. The highest BCUT2D eigenvalue weighted by atomic mass is 32.2.